The molecule has 0 saturated heterocycles. The molecule has 3 rings (SSSR count). The molecule has 5 nitrogen and oxygen atoms in total. The number of methoxy groups -OCH3 is 1. The monoisotopic (exact) mass is 472 g/mol. The molecule has 1 aromatic carbocycles. The first kappa shape index (κ1) is 25.8. The second kappa shape index (κ2) is 9.45. The largest absolute Gasteiger partial charge is 0.468 e. The highest BCUT2D eigenvalue weighted by Gasteiger charge is 2.56. The van der Waals surface area contributed by atoms with Gasteiger partial charge in [-0.2, -0.15) is 0 Å². The number of fused-ring (bicyclic) bond motifs is 3. The van der Waals surface area contributed by atoms with Crippen LogP contribution in [0.25, 0.3) is 0 Å². The predicted molar refractivity (Wildman–Crippen MR) is 132 cm³/mol. The lowest BCUT2D eigenvalue weighted by molar-refractivity contribution is -0.156. The van der Waals surface area contributed by atoms with Gasteiger partial charge in [0, 0.05) is 12.0 Å². The smallest absolute Gasteiger partial charge is 0.316 e. The number of esters is 1. The molecule has 2 aliphatic carbocycles. The molecule has 0 aromatic heterocycles. The third kappa shape index (κ3) is 4.14. The molecule has 0 unspecified atom stereocenters. The molecule has 0 radical (unpaired) electrons. The number of carbonyl (C=O) groups is 3. The minimum Gasteiger partial charge on any atom is -0.468 e. The van der Waals surface area contributed by atoms with E-state index in [-0.39, 0.29) is 23.2 Å². The first-order chi connectivity index (χ1) is 15.4. The molecular formula is C27H40O5Si. The molecule has 1 saturated carbocycles. The van der Waals surface area contributed by atoms with Gasteiger partial charge in [0.05, 0.1) is 13.2 Å². The van der Waals surface area contributed by atoms with Crippen LogP contribution < -0.4 is 0 Å². The fraction of sp³-hybridized carbons (Fsp3) is 0.667. The molecule has 6 heteroatoms. The van der Waals surface area contributed by atoms with Crippen molar-refractivity contribution in [1.82, 2.24) is 0 Å². The first-order valence-corrected chi connectivity index (χ1v) is 14.5. The van der Waals surface area contributed by atoms with Crippen LogP contribution in [-0.2, 0) is 24.2 Å². The lowest BCUT2D eigenvalue weighted by Gasteiger charge is -2.53. The molecule has 182 valence electrons. The van der Waals surface area contributed by atoms with Crippen LogP contribution in [0.4, 0.5) is 0 Å². The minimum atomic E-state index is -2.26. The highest BCUT2D eigenvalue weighted by Crippen LogP contribution is 2.57. The Morgan fingerprint density at radius 2 is 1.73 bits per heavy atom. The molecule has 0 heterocycles. The average Bonchev–Trinajstić information content (AvgIpc) is 2.76. The summed E-state index contributed by atoms with van der Waals surface area (Å²) in [5.41, 5.74) is 3.63. The van der Waals surface area contributed by atoms with Crippen LogP contribution >= 0.6 is 0 Å². The number of Topliss-reactive ketones (excluding diaryl/α,β-unsaturated/α-hetero) is 1. The molecule has 0 aliphatic heterocycles. The summed E-state index contributed by atoms with van der Waals surface area (Å²) in [5.74, 6) is -1.44. The van der Waals surface area contributed by atoms with Gasteiger partial charge in [0.15, 0.2) is 0 Å². The van der Waals surface area contributed by atoms with Crippen LogP contribution in [0.1, 0.15) is 95.3 Å². The van der Waals surface area contributed by atoms with Gasteiger partial charge in [0.1, 0.15) is 18.0 Å². The van der Waals surface area contributed by atoms with Crippen molar-refractivity contribution in [3.63, 3.8) is 0 Å². The number of rotatable bonds is 7. The van der Waals surface area contributed by atoms with E-state index in [4.69, 9.17) is 9.16 Å². The minimum absolute atomic E-state index is 0.0314. The van der Waals surface area contributed by atoms with Crippen LogP contribution in [-0.4, -0.2) is 33.5 Å². The molecule has 33 heavy (non-hydrogen) atoms. The van der Waals surface area contributed by atoms with Crippen molar-refractivity contribution < 1.29 is 23.5 Å². The van der Waals surface area contributed by atoms with E-state index in [1.54, 1.807) is 0 Å². The Morgan fingerprint density at radius 3 is 2.24 bits per heavy atom. The molecule has 0 spiro atoms. The standard InChI is InChI=1S/C27H40O5Si/c1-16(2)33(17(3)4,18(5)6)32-24-14-22-25(26(30)31-8)23(29)11-12-27(22,7)21-10-9-19(15-28)13-20(21)24/h9-10,13,15-18,22,24-25H,11-12,14H2,1-8H3/t22-,24+,25+,27-/m1/s1. The first-order valence-electron chi connectivity index (χ1n) is 12.3. The zero-order valence-corrected chi connectivity index (χ0v) is 22.4. The Morgan fingerprint density at radius 1 is 1.12 bits per heavy atom. The van der Waals surface area contributed by atoms with Crippen LogP contribution in [0.15, 0.2) is 18.2 Å². The summed E-state index contributed by atoms with van der Waals surface area (Å²) in [6.45, 7) is 15.7. The van der Waals surface area contributed by atoms with E-state index in [0.29, 0.717) is 41.4 Å². The summed E-state index contributed by atoms with van der Waals surface area (Å²) in [6.07, 6.45) is 2.25. The fourth-order valence-electron chi connectivity index (χ4n) is 7.03. The maximum atomic E-state index is 12.9. The molecule has 1 aromatic rings. The van der Waals surface area contributed by atoms with Crippen LogP contribution in [0, 0.1) is 11.8 Å². The summed E-state index contributed by atoms with van der Waals surface area (Å²) in [4.78, 5) is 37.4. The fourth-order valence-corrected chi connectivity index (χ4v) is 12.6. The number of hydrogen-bond donors (Lipinski definition) is 0. The van der Waals surface area contributed by atoms with E-state index in [0.717, 1.165) is 17.4 Å². The zero-order chi connectivity index (χ0) is 24.7. The second-order valence-electron chi connectivity index (χ2n) is 11.1. The van der Waals surface area contributed by atoms with Gasteiger partial charge in [0.25, 0.3) is 0 Å². The summed E-state index contributed by atoms with van der Waals surface area (Å²) in [5, 5.41) is 0. The second-order valence-corrected chi connectivity index (χ2v) is 16.5. The normalized spacial score (nSPS) is 27.5. The Kier molecular flexibility index (Phi) is 7.40. The predicted octanol–water partition coefficient (Wildman–Crippen LogP) is 6.16. The number of aldehydes is 1. The van der Waals surface area contributed by atoms with E-state index < -0.39 is 20.2 Å². The number of hydrogen-bond acceptors (Lipinski definition) is 5. The highest BCUT2D eigenvalue weighted by molar-refractivity contribution is 6.77. The highest BCUT2D eigenvalue weighted by atomic mass is 28.4. The van der Waals surface area contributed by atoms with Crippen LogP contribution in [0.5, 0.6) is 0 Å². The van der Waals surface area contributed by atoms with Gasteiger partial charge < -0.3 is 9.16 Å². The number of benzene rings is 1. The molecule has 0 amide bonds. The zero-order valence-electron chi connectivity index (χ0n) is 21.4. The van der Waals surface area contributed by atoms with E-state index in [1.165, 1.54) is 7.11 Å². The average molecular weight is 473 g/mol. The molecule has 0 N–H and O–H groups in total. The maximum absolute atomic E-state index is 12.9. The van der Waals surface area contributed by atoms with Gasteiger partial charge in [-0.3, -0.25) is 14.4 Å². The number of ketones is 1. The van der Waals surface area contributed by atoms with Crippen molar-refractivity contribution >= 4 is 26.4 Å². The number of carbonyl (C=O) groups excluding carboxylic acids is 3. The lowest BCUT2D eigenvalue weighted by Crippen LogP contribution is -2.54. The summed E-state index contributed by atoms with van der Waals surface area (Å²) in [6, 6.07) is 5.84. The Hall–Kier alpha value is -1.79. The van der Waals surface area contributed by atoms with Crippen molar-refractivity contribution in [2.75, 3.05) is 7.11 Å². The van der Waals surface area contributed by atoms with Crippen molar-refractivity contribution in [1.29, 1.82) is 0 Å². The summed E-state index contributed by atoms with van der Waals surface area (Å²) in [7, 11) is -0.898. The molecule has 4 atom stereocenters. The molecule has 2 aliphatic rings. The van der Waals surface area contributed by atoms with Crippen molar-refractivity contribution in [2.24, 2.45) is 11.8 Å². The lowest BCUT2D eigenvalue weighted by atomic mass is 9.54. The van der Waals surface area contributed by atoms with Gasteiger partial charge >= 0.3 is 5.97 Å². The van der Waals surface area contributed by atoms with Gasteiger partial charge in [-0.1, -0.05) is 60.6 Å². The Bertz CT molecular complexity index is 891. The molecule has 0 bridgehead atoms. The Balaban J connectivity index is 2.20. The van der Waals surface area contributed by atoms with Crippen molar-refractivity contribution in [3.05, 3.63) is 34.9 Å². The SMILES string of the molecule is COC(=O)[C@@H]1C(=O)CC[C@]2(C)c3ccc(C=O)cc3[C@@H](O[Si](C(C)C)(C(C)C)C(C)C)C[C@H]12. The van der Waals surface area contributed by atoms with Crippen LogP contribution in [0.3, 0.4) is 0 Å². The quantitative estimate of drug-likeness (QED) is 0.206. The third-order valence-corrected chi connectivity index (χ3v) is 14.7. The van der Waals surface area contributed by atoms with Gasteiger partial charge in [-0.25, -0.2) is 0 Å². The molecular weight excluding hydrogens is 432 g/mol. The van der Waals surface area contributed by atoms with Gasteiger partial charge in [-0.05, 0) is 58.0 Å². The van der Waals surface area contributed by atoms with E-state index in [2.05, 4.69) is 48.5 Å². The summed E-state index contributed by atoms with van der Waals surface area (Å²) >= 11 is 0. The topological polar surface area (TPSA) is 69.7 Å². The summed E-state index contributed by atoms with van der Waals surface area (Å²) < 4.78 is 12.3. The van der Waals surface area contributed by atoms with Gasteiger partial charge in [0.2, 0.25) is 8.32 Å². The van der Waals surface area contributed by atoms with Crippen molar-refractivity contribution in [3.8, 4) is 0 Å². The van der Waals surface area contributed by atoms with Crippen molar-refractivity contribution in [2.45, 2.75) is 95.9 Å². The van der Waals surface area contributed by atoms with E-state index >= 15 is 0 Å². The van der Waals surface area contributed by atoms with E-state index in [9.17, 15) is 14.4 Å². The molecule has 1 fully saturated rings. The third-order valence-electron chi connectivity index (χ3n) is 8.61. The number of ether oxygens (including phenoxy) is 1. The van der Waals surface area contributed by atoms with E-state index in [1.807, 2.05) is 18.2 Å². The van der Waals surface area contributed by atoms with Crippen LogP contribution in [0.2, 0.25) is 16.6 Å². The maximum Gasteiger partial charge on any atom is 0.316 e. The van der Waals surface area contributed by atoms with Gasteiger partial charge in [-0.15, -0.1) is 0 Å². The Labute approximate surface area is 199 Å².